The number of amides is 1. The first-order chi connectivity index (χ1) is 14.7. The number of benzene rings is 3. The van der Waals surface area contributed by atoms with Crippen LogP contribution in [0.1, 0.15) is 15.9 Å². The lowest BCUT2D eigenvalue weighted by Gasteiger charge is -2.09. The number of thioether (sulfide) groups is 1. The fourth-order valence-corrected chi connectivity index (χ4v) is 4.78. The Kier molecular flexibility index (Phi) is 6.15. The van der Waals surface area contributed by atoms with Gasteiger partial charge in [-0.2, -0.15) is 0 Å². The predicted octanol–water partition coefficient (Wildman–Crippen LogP) is 5.25. The Balaban J connectivity index is 1.44. The zero-order chi connectivity index (χ0) is 20.9. The number of hydrogen-bond acceptors (Lipinski definition) is 7. The fourth-order valence-electron chi connectivity index (χ4n) is 3.03. The number of rotatable bonds is 7. The van der Waals surface area contributed by atoms with Crippen LogP contribution in [0.15, 0.2) is 65.0 Å². The largest absolute Gasteiger partial charge is 0.497 e. The molecule has 0 radical (unpaired) electrons. The molecule has 0 atom stereocenters. The van der Waals surface area contributed by atoms with Crippen molar-refractivity contribution in [1.29, 1.82) is 0 Å². The van der Waals surface area contributed by atoms with Crippen molar-refractivity contribution in [1.82, 2.24) is 10.2 Å². The van der Waals surface area contributed by atoms with Gasteiger partial charge in [0.25, 0.3) is 5.91 Å². The molecule has 0 aliphatic rings. The Hall–Kier alpha value is -3.10. The first-order valence-electron chi connectivity index (χ1n) is 9.14. The van der Waals surface area contributed by atoms with Gasteiger partial charge in [-0.15, -0.1) is 10.2 Å². The molecule has 0 spiro atoms. The van der Waals surface area contributed by atoms with Crippen molar-refractivity contribution in [2.24, 2.45) is 0 Å². The molecule has 0 aliphatic carbocycles. The van der Waals surface area contributed by atoms with Crippen molar-refractivity contribution < 1.29 is 14.3 Å². The molecular formula is C22H19N3O3S2. The van der Waals surface area contributed by atoms with Crippen molar-refractivity contribution in [3.05, 3.63) is 71.8 Å². The number of methoxy groups -OCH3 is 2. The number of anilines is 1. The van der Waals surface area contributed by atoms with E-state index in [4.69, 9.17) is 9.47 Å². The molecule has 3 aromatic carbocycles. The lowest BCUT2D eigenvalue weighted by molar-refractivity contribution is 0.102. The number of fused-ring (bicyclic) bond motifs is 1. The quantitative estimate of drug-likeness (QED) is 0.314. The van der Waals surface area contributed by atoms with Crippen LogP contribution < -0.4 is 14.8 Å². The third kappa shape index (κ3) is 4.39. The van der Waals surface area contributed by atoms with E-state index in [0.29, 0.717) is 22.2 Å². The van der Waals surface area contributed by atoms with Gasteiger partial charge < -0.3 is 9.47 Å². The van der Waals surface area contributed by atoms with Crippen molar-refractivity contribution >= 4 is 44.9 Å². The summed E-state index contributed by atoms with van der Waals surface area (Å²) in [4.78, 5) is 12.6. The Bertz CT molecular complexity index is 1190. The molecular weight excluding hydrogens is 418 g/mol. The Morgan fingerprint density at radius 3 is 2.70 bits per heavy atom. The van der Waals surface area contributed by atoms with Crippen LogP contribution in [0.25, 0.3) is 10.8 Å². The summed E-state index contributed by atoms with van der Waals surface area (Å²) in [7, 11) is 3.08. The topological polar surface area (TPSA) is 73.3 Å². The van der Waals surface area contributed by atoms with Crippen molar-refractivity contribution in [3.63, 3.8) is 0 Å². The van der Waals surface area contributed by atoms with Crippen molar-refractivity contribution in [3.8, 4) is 11.5 Å². The molecule has 0 bridgehead atoms. The zero-order valence-electron chi connectivity index (χ0n) is 16.4. The van der Waals surface area contributed by atoms with Crippen LogP contribution >= 0.6 is 23.1 Å². The SMILES string of the molecule is COc1ccc(C(=O)Nc2nnc(SCc3cccc4ccccc34)s2)c(OC)c1. The maximum atomic E-state index is 12.6. The molecule has 0 aliphatic heterocycles. The van der Waals surface area contributed by atoms with Crippen LogP contribution in [0.2, 0.25) is 0 Å². The van der Waals surface area contributed by atoms with Crippen molar-refractivity contribution in [2.45, 2.75) is 10.1 Å². The van der Waals surface area contributed by atoms with Gasteiger partial charge in [-0.05, 0) is 28.5 Å². The van der Waals surface area contributed by atoms with Crippen LogP contribution in [-0.2, 0) is 5.75 Å². The maximum absolute atomic E-state index is 12.6. The van der Waals surface area contributed by atoms with E-state index in [0.717, 1.165) is 10.1 Å². The first kappa shape index (κ1) is 20.2. The molecule has 0 saturated heterocycles. The van der Waals surface area contributed by atoms with Gasteiger partial charge in [0.15, 0.2) is 4.34 Å². The third-order valence-electron chi connectivity index (χ3n) is 4.51. The van der Waals surface area contributed by atoms with Gasteiger partial charge in [-0.1, -0.05) is 65.6 Å². The first-order valence-corrected chi connectivity index (χ1v) is 10.9. The van der Waals surface area contributed by atoms with Crippen LogP contribution in [-0.4, -0.2) is 30.3 Å². The smallest absolute Gasteiger partial charge is 0.261 e. The average Bonchev–Trinajstić information content (AvgIpc) is 3.24. The summed E-state index contributed by atoms with van der Waals surface area (Å²) < 4.78 is 11.3. The third-order valence-corrected chi connectivity index (χ3v) is 6.53. The maximum Gasteiger partial charge on any atom is 0.261 e. The summed E-state index contributed by atoms with van der Waals surface area (Å²) in [6.07, 6.45) is 0. The number of carbonyl (C=O) groups excluding carboxylic acids is 1. The lowest BCUT2D eigenvalue weighted by Crippen LogP contribution is -2.13. The van der Waals surface area contributed by atoms with Gasteiger partial charge in [0.05, 0.1) is 19.8 Å². The van der Waals surface area contributed by atoms with Gasteiger partial charge in [0, 0.05) is 11.8 Å². The van der Waals surface area contributed by atoms with Crippen LogP contribution in [0.4, 0.5) is 5.13 Å². The summed E-state index contributed by atoms with van der Waals surface area (Å²) in [5.41, 5.74) is 1.64. The van der Waals surface area contributed by atoms with Crippen molar-refractivity contribution in [2.75, 3.05) is 19.5 Å². The molecule has 1 N–H and O–H groups in total. The molecule has 152 valence electrons. The van der Waals surface area contributed by atoms with Gasteiger partial charge >= 0.3 is 0 Å². The highest BCUT2D eigenvalue weighted by Crippen LogP contribution is 2.31. The minimum atomic E-state index is -0.309. The molecule has 1 heterocycles. The molecule has 1 aromatic heterocycles. The molecule has 0 unspecified atom stereocenters. The van der Waals surface area contributed by atoms with E-state index in [1.165, 1.54) is 34.8 Å². The highest BCUT2D eigenvalue weighted by molar-refractivity contribution is 8.00. The van der Waals surface area contributed by atoms with Crippen LogP contribution in [0, 0.1) is 0 Å². The van der Waals surface area contributed by atoms with E-state index < -0.39 is 0 Å². The van der Waals surface area contributed by atoms with Gasteiger partial charge in [-0.25, -0.2) is 0 Å². The second-order valence-electron chi connectivity index (χ2n) is 6.32. The molecule has 8 heteroatoms. The molecule has 30 heavy (non-hydrogen) atoms. The van der Waals surface area contributed by atoms with E-state index in [2.05, 4.69) is 45.8 Å². The minimum Gasteiger partial charge on any atom is -0.497 e. The normalized spacial score (nSPS) is 10.7. The summed E-state index contributed by atoms with van der Waals surface area (Å²) in [6, 6.07) is 19.6. The van der Waals surface area contributed by atoms with Gasteiger partial charge in [0.1, 0.15) is 11.5 Å². The fraction of sp³-hybridized carbons (Fsp3) is 0.136. The summed E-state index contributed by atoms with van der Waals surface area (Å²) in [6.45, 7) is 0. The van der Waals surface area contributed by atoms with Gasteiger partial charge in [-0.3, -0.25) is 10.1 Å². The number of nitrogens with one attached hydrogen (secondary N) is 1. The number of nitrogens with zero attached hydrogens (tertiary/aromatic N) is 2. The van der Waals surface area contributed by atoms with Gasteiger partial charge in [0.2, 0.25) is 5.13 Å². The summed E-state index contributed by atoms with van der Waals surface area (Å²) in [5.74, 6) is 1.51. The second kappa shape index (κ2) is 9.15. The highest BCUT2D eigenvalue weighted by atomic mass is 32.2. The summed E-state index contributed by atoms with van der Waals surface area (Å²) >= 11 is 2.94. The Morgan fingerprint density at radius 1 is 1.03 bits per heavy atom. The molecule has 0 fully saturated rings. The molecule has 6 nitrogen and oxygen atoms in total. The van der Waals surface area contributed by atoms with E-state index >= 15 is 0 Å². The molecule has 4 rings (SSSR count). The Labute approximate surface area is 182 Å². The van der Waals surface area contributed by atoms with E-state index in [1.54, 1.807) is 37.1 Å². The second-order valence-corrected chi connectivity index (χ2v) is 8.52. The molecule has 0 saturated carbocycles. The average molecular weight is 438 g/mol. The predicted molar refractivity (Wildman–Crippen MR) is 121 cm³/mol. The number of hydrogen-bond donors (Lipinski definition) is 1. The number of carbonyl (C=O) groups is 1. The van der Waals surface area contributed by atoms with Crippen LogP contribution in [0.5, 0.6) is 11.5 Å². The minimum absolute atomic E-state index is 0.309. The van der Waals surface area contributed by atoms with E-state index in [-0.39, 0.29) is 5.91 Å². The number of aromatic nitrogens is 2. The molecule has 4 aromatic rings. The highest BCUT2D eigenvalue weighted by Gasteiger charge is 2.16. The van der Waals surface area contributed by atoms with E-state index in [1.807, 2.05) is 12.1 Å². The lowest BCUT2D eigenvalue weighted by atomic mass is 10.1. The standard InChI is InChI=1S/C22H19N3O3S2/c1-27-16-10-11-18(19(12-16)28-2)20(26)23-21-24-25-22(30-21)29-13-15-8-5-7-14-6-3-4-9-17(14)15/h3-12H,13H2,1-2H3,(H,23,24,26). The molecule has 1 amide bonds. The van der Waals surface area contributed by atoms with Crippen LogP contribution in [0.3, 0.4) is 0 Å². The Morgan fingerprint density at radius 2 is 1.87 bits per heavy atom. The monoisotopic (exact) mass is 437 g/mol. The zero-order valence-corrected chi connectivity index (χ0v) is 18.0. The number of ether oxygens (including phenoxy) is 2. The summed E-state index contributed by atoms with van der Waals surface area (Å²) in [5, 5.41) is 14.0. The van der Waals surface area contributed by atoms with E-state index in [9.17, 15) is 4.79 Å².